The van der Waals surface area contributed by atoms with Gasteiger partial charge in [-0.25, -0.2) is 4.79 Å². The highest BCUT2D eigenvalue weighted by molar-refractivity contribution is 6.40. The molecule has 1 aromatic rings. The zero-order chi connectivity index (χ0) is 18.7. The van der Waals surface area contributed by atoms with Gasteiger partial charge in [0.05, 0.1) is 18.7 Å². The van der Waals surface area contributed by atoms with Crippen molar-refractivity contribution in [1.29, 1.82) is 0 Å². The van der Waals surface area contributed by atoms with E-state index in [0.29, 0.717) is 25.1 Å². The number of carboxylic acids is 1. The minimum absolute atomic E-state index is 0.0302. The fourth-order valence-corrected chi connectivity index (χ4v) is 3.35. The smallest absolute Gasteiger partial charge is 0.328 e. The van der Waals surface area contributed by atoms with Crippen molar-refractivity contribution in [2.45, 2.75) is 25.3 Å². The quantitative estimate of drug-likeness (QED) is 0.809. The third kappa shape index (κ3) is 3.54. The SMILES string of the molecule is COC(=O)[C@H]1CCCN(C(=O)C2=NN(c3ccccc3)C(C(=O)O)C2)C1. The molecule has 0 spiro atoms. The molecule has 8 heteroatoms. The monoisotopic (exact) mass is 359 g/mol. The van der Waals surface area contributed by atoms with Crippen LogP contribution in [0.4, 0.5) is 5.69 Å². The molecule has 0 radical (unpaired) electrons. The maximum atomic E-state index is 12.8. The van der Waals surface area contributed by atoms with Gasteiger partial charge < -0.3 is 14.7 Å². The summed E-state index contributed by atoms with van der Waals surface area (Å²) < 4.78 is 4.77. The number of aliphatic carboxylic acids is 1. The predicted octanol–water partition coefficient (Wildman–Crippen LogP) is 1.12. The van der Waals surface area contributed by atoms with E-state index < -0.39 is 12.0 Å². The van der Waals surface area contributed by atoms with Crippen LogP contribution in [0, 0.1) is 5.92 Å². The van der Waals surface area contributed by atoms with Gasteiger partial charge in [-0.3, -0.25) is 14.6 Å². The van der Waals surface area contributed by atoms with E-state index in [1.165, 1.54) is 12.1 Å². The van der Waals surface area contributed by atoms with Crippen molar-refractivity contribution in [2.24, 2.45) is 11.0 Å². The molecule has 2 aliphatic rings. The van der Waals surface area contributed by atoms with E-state index in [1.54, 1.807) is 29.2 Å². The maximum Gasteiger partial charge on any atom is 0.328 e. The van der Waals surface area contributed by atoms with Crippen molar-refractivity contribution in [2.75, 3.05) is 25.2 Å². The van der Waals surface area contributed by atoms with Crippen molar-refractivity contribution in [3.63, 3.8) is 0 Å². The first-order valence-corrected chi connectivity index (χ1v) is 8.53. The first-order chi connectivity index (χ1) is 12.5. The number of carbonyl (C=O) groups is 3. The molecule has 1 N–H and O–H groups in total. The van der Waals surface area contributed by atoms with Crippen LogP contribution in [0.3, 0.4) is 0 Å². The third-order valence-corrected chi connectivity index (χ3v) is 4.71. The molecule has 1 fully saturated rings. The minimum atomic E-state index is -1.04. The van der Waals surface area contributed by atoms with Gasteiger partial charge in [0.25, 0.3) is 5.91 Å². The van der Waals surface area contributed by atoms with Crippen LogP contribution in [-0.4, -0.2) is 59.8 Å². The van der Waals surface area contributed by atoms with Crippen molar-refractivity contribution < 1.29 is 24.2 Å². The van der Waals surface area contributed by atoms with E-state index in [4.69, 9.17) is 4.74 Å². The summed E-state index contributed by atoms with van der Waals surface area (Å²) in [7, 11) is 1.33. The lowest BCUT2D eigenvalue weighted by Gasteiger charge is -2.31. The van der Waals surface area contributed by atoms with Crippen molar-refractivity contribution in [1.82, 2.24) is 4.90 Å². The van der Waals surface area contributed by atoms with E-state index >= 15 is 0 Å². The molecular weight excluding hydrogens is 338 g/mol. The number of methoxy groups -OCH3 is 1. The van der Waals surface area contributed by atoms with Crippen LogP contribution in [-0.2, 0) is 19.1 Å². The Morgan fingerprint density at radius 2 is 1.96 bits per heavy atom. The molecule has 0 saturated carbocycles. The van der Waals surface area contributed by atoms with E-state index in [2.05, 4.69) is 5.10 Å². The Labute approximate surface area is 151 Å². The first kappa shape index (κ1) is 17.9. The molecule has 2 aliphatic heterocycles. The molecule has 8 nitrogen and oxygen atoms in total. The summed E-state index contributed by atoms with van der Waals surface area (Å²) in [5, 5.41) is 15.2. The maximum absolute atomic E-state index is 12.8. The van der Waals surface area contributed by atoms with Crippen molar-refractivity contribution in [3.8, 4) is 0 Å². The second-order valence-corrected chi connectivity index (χ2v) is 6.40. The second-order valence-electron chi connectivity index (χ2n) is 6.40. The van der Waals surface area contributed by atoms with E-state index in [-0.39, 0.29) is 36.5 Å². The topological polar surface area (TPSA) is 99.5 Å². The highest BCUT2D eigenvalue weighted by Gasteiger charge is 2.39. The molecule has 1 amide bonds. The lowest BCUT2D eigenvalue weighted by molar-refractivity contribution is -0.148. The molecule has 0 bridgehead atoms. The molecule has 3 rings (SSSR count). The molecule has 1 saturated heterocycles. The molecule has 2 heterocycles. The van der Waals surface area contributed by atoms with Crippen molar-refractivity contribution >= 4 is 29.2 Å². The number of para-hydroxylation sites is 1. The first-order valence-electron chi connectivity index (χ1n) is 8.53. The minimum Gasteiger partial charge on any atom is -0.480 e. The van der Waals surface area contributed by atoms with Gasteiger partial charge >= 0.3 is 11.9 Å². The summed E-state index contributed by atoms with van der Waals surface area (Å²) in [5.41, 5.74) is 0.820. The molecule has 1 unspecified atom stereocenters. The number of benzene rings is 1. The van der Waals surface area contributed by atoms with Gasteiger partial charge in [0, 0.05) is 19.5 Å². The van der Waals surface area contributed by atoms with E-state index in [0.717, 1.165) is 0 Å². The summed E-state index contributed by atoms with van der Waals surface area (Å²) in [6, 6.07) is 7.98. The number of esters is 1. The van der Waals surface area contributed by atoms with E-state index in [9.17, 15) is 19.5 Å². The number of nitrogens with zero attached hydrogens (tertiary/aromatic N) is 3. The number of amides is 1. The molecule has 0 aromatic heterocycles. The van der Waals surface area contributed by atoms with Crippen LogP contribution in [0.2, 0.25) is 0 Å². The number of hydrogen-bond acceptors (Lipinski definition) is 6. The number of likely N-dealkylation sites (tertiary alicyclic amines) is 1. The summed E-state index contributed by atoms with van der Waals surface area (Å²) in [4.78, 5) is 37.8. The van der Waals surface area contributed by atoms with Gasteiger partial charge in [-0.05, 0) is 25.0 Å². The Hall–Kier alpha value is -2.90. The Morgan fingerprint density at radius 3 is 2.62 bits per heavy atom. The number of piperidine rings is 1. The highest BCUT2D eigenvalue weighted by atomic mass is 16.5. The molecule has 2 atom stereocenters. The summed E-state index contributed by atoms with van der Waals surface area (Å²) in [6.07, 6.45) is 1.41. The Bertz CT molecular complexity index is 734. The standard InChI is InChI=1S/C18H21N3O5/c1-26-18(25)12-6-5-9-20(11-12)16(22)14-10-15(17(23)24)21(19-14)13-7-3-2-4-8-13/h2-4,7-8,12,15H,5-6,9-11H2,1H3,(H,23,24)/t12-,15?/m0/s1. The van der Waals surface area contributed by atoms with Gasteiger partial charge in [0.1, 0.15) is 5.71 Å². The van der Waals surface area contributed by atoms with Crippen LogP contribution in [0.25, 0.3) is 0 Å². The van der Waals surface area contributed by atoms with Gasteiger partial charge in [0.15, 0.2) is 6.04 Å². The van der Waals surface area contributed by atoms with Crippen LogP contribution >= 0.6 is 0 Å². The number of anilines is 1. The van der Waals surface area contributed by atoms with Crippen LogP contribution < -0.4 is 5.01 Å². The largest absolute Gasteiger partial charge is 0.480 e. The number of carbonyl (C=O) groups excluding carboxylic acids is 2. The van der Waals surface area contributed by atoms with Crippen LogP contribution in [0.15, 0.2) is 35.4 Å². The number of ether oxygens (including phenoxy) is 1. The fraction of sp³-hybridized carbons (Fsp3) is 0.444. The summed E-state index contributed by atoms with van der Waals surface area (Å²) >= 11 is 0. The lowest BCUT2D eigenvalue weighted by Crippen LogP contribution is -2.45. The Balaban J connectivity index is 1.78. The number of hydrogen-bond donors (Lipinski definition) is 1. The lowest BCUT2D eigenvalue weighted by atomic mass is 9.97. The van der Waals surface area contributed by atoms with Crippen LogP contribution in [0.1, 0.15) is 19.3 Å². The Morgan fingerprint density at radius 1 is 1.23 bits per heavy atom. The number of hydrazone groups is 1. The van der Waals surface area contributed by atoms with Gasteiger partial charge in [-0.1, -0.05) is 18.2 Å². The zero-order valence-electron chi connectivity index (χ0n) is 14.5. The van der Waals surface area contributed by atoms with Gasteiger partial charge in [-0.2, -0.15) is 5.10 Å². The van der Waals surface area contributed by atoms with Gasteiger partial charge in [0.2, 0.25) is 0 Å². The second kappa shape index (κ2) is 7.55. The highest BCUT2D eigenvalue weighted by Crippen LogP contribution is 2.26. The van der Waals surface area contributed by atoms with Crippen LogP contribution in [0.5, 0.6) is 0 Å². The molecule has 1 aromatic carbocycles. The third-order valence-electron chi connectivity index (χ3n) is 4.71. The van der Waals surface area contributed by atoms with E-state index in [1.807, 2.05) is 6.07 Å². The average Bonchev–Trinajstić information content (AvgIpc) is 3.13. The zero-order valence-corrected chi connectivity index (χ0v) is 14.5. The molecule has 26 heavy (non-hydrogen) atoms. The summed E-state index contributed by atoms with van der Waals surface area (Å²) in [5.74, 6) is -2.03. The Kier molecular flexibility index (Phi) is 5.20. The fourth-order valence-electron chi connectivity index (χ4n) is 3.35. The molecule has 0 aliphatic carbocycles. The number of carboxylic acid groups (broad SMARTS) is 1. The van der Waals surface area contributed by atoms with Gasteiger partial charge in [-0.15, -0.1) is 0 Å². The molecular formula is C18H21N3O5. The average molecular weight is 359 g/mol. The normalized spacial score (nSPS) is 22.7. The molecule has 138 valence electrons. The van der Waals surface area contributed by atoms with Crippen molar-refractivity contribution in [3.05, 3.63) is 30.3 Å². The predicted molar refractivity (Wildman–Crippen MR) is 93.7 cm³/mol. The summed E-state index contributed by atoms with van der Waals surface area (Å²) in [6.45, 7) is 0.794. The number of rotatable bonds is 4.